The van der Waals surface area contributed by atoms with Crippen LogP contribution in [0.15, 0.2) is 36.7 Å². The first kappa shape index (κ1) is 18.4. The Morgan fingerprint density at radius 1 is 1.07 bits per heavy atom. The molecule has 0 aliphatic carbocycles. The Kier molecular flexibility index (Phi) is 4.30. The Morgan fingerprint density at radius 2 is 1.87 bits per heavy atom. The molecule has 30 heavy (non-hydrogen) atoms. The summed E-state index contributed by atoms with van der Waals surface area (Å²) < 4.78 is 65.1. The molecular weight excluding hydrogens is 406 g/mol. The fourth-order valence-electron chi connectivity index (χ4n) is 3.63. The van der Waals surface area contributed by atoms with E-state index in [9.17, 15) is 17.6 Å². The maximum Gasteiger partial charge on any atom is 0.388 e. The SMILES string of the molecule is FC(F)Oc1ncccc1-c1c(-c2c(C(F)F)nn3c2OCC3)[nH]c2ncccc12. The summed E-state index contributed by atoms with van der Waals surface area (Å²) in [5, 5.41) is 4.50. The maximum atomic E-state index is 13.8. The van der Waals surface area contributed by atoms with Crippen molar-refractivity contribution in [3.8, 4) is 34.1 Å². The Bertz CT molecular complexity index is 1240. The van der Waals surface area contributed by atoms with Crippen LogP contribution in [-0.4, -0.2) is 38.0 Å². The van der Waals surface area contributed by atoms with Gasteiger partial charge in [-0.25, -0.2) is 23.4 Å². The monoisotopic (exact) mass is 419 g/mol. The van der Waals surface area contributed by atoms with E-state index in [0.29, 0.717) is 29.7 Å². The number of aromatic nitrogens is 5. The van der Waals surface area contributed by atoms with Gasteiger partial charge < -0.3 is 14.5 Å². The number of alkyl halides is 4. The summed E-state index contributed by atoms with van der Waals surface area (Å²) in [5.41, 5.74) is 0.724. The summed E-state index contributed by atoms with van der Waals surface area (Å²) in [4.78, 5) is 11.2. The minimum atomic E-state index is -3.11. The summed E-state index contributed by atoms with van der Waals surface area (Å²) in [6, 6.07) is 6.42. The topological polar surface area (TPSA) is 77.9 Å². The van der Waals surface area contributed by atoms with E-state index >= 15 is 0 Å². The quantitative estimate of drug-likeness (QED) is 0.485. The van der Waals surface area contributed by atoms with Gasteiger partial charge in [0, 0.05) is 28.9 Å². The Balaban J connectivity index is 1.84. The largest absolute Gasteiger partial charge is 0.475 e. The Morgan fingerprint density at radius 3 is 2.67 bits per heavy atom. The van der Waals surface area contributed by atoms with Crippen molar-refractivity contribution in [3.05, 3.63) is 42.4 Å². The van der Waals surface area contributed by atoms with Crippen LogP contribution in [0.4, 0.5) is 17.6 Å². The average Bonchev–Trinajstić information content (AvgIpc) is 3.40. The van der Waals surface area contributed by atoms with Gasteiger partial charge in [0.2, 0.25) is 11.8 Å². The number of fused-ring (bicyclic) bond motifs is 2. The van der Waals surface area contributed by atoms with Crippen molar-refractivity contribution in [1.29, 1.82) is 0 Å². The first-order chi connectivity index (χ1) is 14.5. The Hall–Kier alpha value is -3.63. The molecule has 5 heterocycles. The molecule has 7 nitrogen and oxygen atoms in total. The van der Waals surface area contributed by atoms with E-state index in [1.165, 1.54) is 23.1 Å². The van der Waals surface area contributed by atoms with Gasteiger partial charge in [-0.3, -0.25) is 0 Å². The third-order valence-electron chi connectivity index (χ3n) is 4.74. The fraction of sp³-hybridized carbons (Fsp3) is 0.211. The van der Waals surface area contributed by atoms with Gasteiger partial charge in [-0.05, 0) is 24.3 Å². The number of aromatic amines is 1. The summed E-state index contributed by atoms with van der Waals surface area (Å²) in [6.07, 6.45) is -0.0436. The molecule has 5 rings (SSSR count). The highest BCUT2D eigenvalue weighted by Crippen LogP contribution is 2.47. The van der Waals surface area contributed by atoms with Crippen LogP contribution >= 0.6 is 0 Å². The van der Waals surface area contributed by atoms with Crippen LogP contribution in [-0.2, 0) is 6.54 Å². The number of pyridine rings is 2. The fourth-order valence-corrected chi connectivity index (χ4v) is 3.63. The Labute approximate surface area is 166 Å². The summed E-state index contributed by atoms with van der Waals surface area (Å²) in [7, 11) is 0. The smallest absolute Gasteiger partial charge is 0.388 e. The first-order valence-electron chi connectivity index (χ1n) is 8.93. The van der Waals surface area contributed by atoms with Crippen molar-refractivity contribution >= 4 is 11.0 Å². The van der Waals surface area contributed by atoms with Crippen molar-refractivity contribution in [3.63, 3.8) is 0 Å². The molecule has 0 fully saturated rings. The van der Waals surface area contributed by atoms with E-state index in [2.05, 4.69) is 24.8 Å². The number of nitrogens with one attached hydrogen (secondary N) is 1. The molecule has 1 aliphatic rings. The lowest BCUT2D eigenvalue weighted by atomic mass is 9.99. The average molecular weight is 419 g/mol. The normalized spacial score (nSPS) is 13.3. The van der Waals surface area contributed by atoms with Gasteiger partial charge in [0.25, 0.3) is 6.43 Å². The van der Waals surface area contributed by atoms with Crippen LogP contribution in [0.5, 0.6) is 11.8 Å². The predicted octanol–water partition coefficient (Wildman–Crippen LogP) is 4.42. The molecule has 4 aromatic rings. The molecule has 0 unspecified atom stereocenters. The van der Waals surface area contributed by atoms with Crippen molar-refractivity contribution in [2.75, 3.05) is 6.61 Å². The van der Waals surface area contributed by atoms with Crippen molar-refractivity contribution in [1.82, 2.24) is 24.7 Å². The van der Waals surface area contributed by atoms with Crippen molar-refractivity contribution < 1.29 is 27.0 Å². The van der Waals surface area contributed by atoms with E-state index in [0.717, 1.165) is 0 Å². The van der Waals surface area contributed by atoms with Gasteiger partial charge in [0.05, 0.1) is 17.8 Å². The first-order valence-corrected chi connectivity index (χ1v) is 8.93. The maximum absolute atomic E-state index is 13.8. The zero-order valence-corrected chi connectivity index (χ0v) is 15.2. The summed E-state index contributed by atoms with van der Waals surface area (Å²) in [5.74, 6) is -0.153. The van der Waals surface area contributed by atoms with Crippen LogP contribution in [0.1, 0.15) is 12.1 Å². The van der Waals surface area contributed by atoms with Crippen molar-refractivity contribution in [2.24, 2.45) is 0 Å². The lowest BCUT2D eigenvalue weighted by molar-refractivity contribution is -0.0524. The van der Waals surface area contributed by atoms with E-state index in [-0.39, 0.29) is 28.6 Å². The molecule has 1 N–H and O–H groups in total. The molecule has 4 aromatic heterocycles. The highest BCUT2D eigenvalue weighted by molar-refractivity contribution is 6.04. The molecule has 1 aliphatic heterocycles. The van der Waals surface area contributed by atoms with Crippen LogP contribution in [0.3, 0.4) is 0 Å². The molecule has 0 bridgehead atoms. The lowest BCUT2D eigenvalue weighted by Gasteiger charge is -2.11. The van der Waals surface area contributed by atoms with E-state index < -0.39 is 18.7 Å². The van der Waals surface area contributed by atoms with Crippen LogP contribution in [0.25, 0.3) is 33.4 Å². The second kappa shape index (κ2) is 7.01. The molecule has 0 saturated carbocycles. The molecule has 0 amide bonds. The lowest BCUT2D eigenvalue weighted by Crippen LogP contribution is -2.05. The molecule has 0 atom stereocenters. The number of hydrogen-bond acceptors (Lipinski definition) is 5. The second-order valence-electron chi connectivity index (χ2n) is 6.45. The molecule has 11 heteroatoms. The van der Waals surface area contributed by atoms with E-state index in [1.807, 2.05) is 0 Å². The predicted molar refractivity (Wildman–Crippen MR) is 97.6 cm³/mol. The van der Waals surface area contributed by atoms with Crippen LogP contribution in [0, 0.1) is 0 Å². The van der Waals surface area contributed by atoms with Gasteiger partial charge in [0.1, 0.15) is 17.9 Å². The molecule has 0 radical (unpaired) electrons. The number of nitrogens with zero attached hydrogens (tertiary/aromatic N) is 4. The van der Waals surface area contributed by atoms with E-state index in [4.69, 9.17) is 4.74 Å². The number of rotatable bonds is 5. The summed E-state index contributed by atoms with van der Waals surface area (Å²) in [6.45, 7) is -2.49. The molecule has 0 aromatic carbocycles. The number of ether oxygens (including phenoxy) is 2. The molecule has 0 spiro atoms. The number of hydrogen-bond donors (Lipinski definition) is 1. The highest BCUT2D eigenvalue weighted by atomic mass is 19.3. The third-order valence-corrected chi connectivity index (χ3v) is 4.74. The van der Waals surface area contributed by atoms with Crippen LogP contribution < -0.4 is 9.47 Å². The number of H-pyrrole nitrogens is 1. The van der Waals surface area contributed by atoms with Crippen molar-refractivity contribution in [2.45, 2.75) is 19.6 Å². The van der Waals surface area contributed by atoms with Crippen LogP contribution in [0.2, 0.25) is 0 Å². The molecule has 154 valence electrons. The van der Waals surface area contributed by atoms with E-state index in [1.54, 1.807) is 18.2 Å². The number of halogens is 4. The van der Waals surface area contributed by atoms with Gasteiger partial charge in [-0.15, -0.1) is 0 Å². The van der Waals surface area contributed by atoms with Gasteiger partial charge in [-0.2, -0.15) is 13.9 Å². The second-order valence-corrected chi connectivity index (χ2v) is 6.45. The zero-order chi connectivity index (χ0) is 20.8. The van der Waals surface area contributed by atoms with Gasteiger partial charge in [-0.1, -0.05) is 0 Å². The molecular formula is C19H13F4N5O2. The zero-order valence-electron chi connectivity index (χ0n) is 15.2. The standard InChI is InChI=1S/C19H13F4N5O2/c20-15(21)14-12(18-28(27-14)7-8-29-18)13-11(9-3-1-5-24-16(9)26-13)10-4-2-6-25-17(10)30-19(22)23/h1-6,15,19H,7-8H2,(H,24,26). The summed E-state index contributed by atoms with van der Waals surface area (Å²) >= 11 is 0. The molecule has 0 saturated heterocycles. The highest BCUT2D eigenvalue weighted by Gasteiger charge is 2.33. The van der Waals surface area contributed by atoms with Gasteiger partial charge >= 0.3 is 6.61 Å². The minimum absolute atomic E-state index is 0.0577. The minimum Gasteiger partial charge on any atom is -0.475 e. The van der Waals surface area contributed by atoms with Gasteiger partial charge in [0.15, 0.2) is 0 Å². The third kappa shape index (κ3) is 2.85.